The van der Waals surface area contributed by atoms with E-state index in [1.54, 1.807) is 23.1 Å². The molecule has 0 radical (unpaired) electrons. The fourth-order valence-corrected chi connectivity index (χ4v) is 4.32. The number of fused-ring (bicyclic) bond motifs is 1. The summed E-state index contributed by atoms with van der Waals surface area (Å²) in [6.07, 6.45) is 0.684. The van der Waals surface area contributed by atoms with Crippen LogP contribution in [-0.4, -0.2) is 35.4 Å². The highest BCUT2D eigenvalue weighted by molar-refractivity contribution is 6.46. The molecule has 1 aliphatic heterocycles. The van der Waals surface area contributed by atoms with Gasteiger partial charge in [-0.2, -0.15) is 0 Å². The zero-order valence-electron chi connectivity index (χ0n) is 17.3. The number of rotatable bonds is 5. The Morgan fingerprint density at radius 2 is 1.84 bits per heavy atom. The number of halogens is 1. The van der Waals surface area contributed by atoms with Crippen LogP contribution in [0, 0.1) is 0 Å². The van der Waals surface area contributed by atoms with Gasteiger partial charge >= 0.3 is 0 Å². The Hall–Kier alpha value is -3.31. The molecule has 1 saturated heterocycles. The molecule has 5 nitrogen and oxygen atoms in total. The predicted molar refractivity (Wildman–Crippen MR) is 121 cm³/mol. The van der Waals surface area contributed by atoms with Crippen molar-refractivity contribution in [2.75, 3.05) is 13.7 Å². The summed E-state index contributed by atoms with van der Waals surface area (Å²) in [6.45, 7) is 2.35. The molecule has 1 heterocycles. The van der Waals surface area contributed by atoms with Crippen LogP contribution < -0.4 is 4.74 Å². The summed E-state index contributed by atoms with van der Waals surface area (Å²) >= 11 is 6.11. The number of amides is 1. The number of carbonyl (C=O) groups is 2. The number of nitrogens with zero attached hydrogens (tertiary/aromatic N) is 1. The maximum absolute atomic E-state index is 13.1. The highest BCUT2D eigenvalue weighted by Gasteiger charge is 2.46. The Bertz CT molecular complexity index is 1210. The van der Waals surface area contributed by atoms with E-state index in [-0.39, 0.29) is 11.3 Å². The molecule has 0 aromatic heterocycles. The number of carbonyl (C=O) groups excluding carboxylic acids is 2. The van der Waals surface area contributed by atoms with E-state index in [1.165, 1.54) is 7.11 Å². The number of aliphatic hydroxyl groups is 1. The van der Waals surface area contributed by atoms with Crippen LogP contribution in [0.5, 0.6) is 5.75 Å². The van der Waals surface area contributed by atoms with Crippen molar-refractivity contribution in [1.29, 1.82) is 0 Å². The van der Waals surface area contributed by atoms with Gasteiger partial charge in [0.05, 0.1) is 23.7 Å². The van der Waals surface area contributed by atoms with Crippen LogP contribution in [0.2, 0.25) is 5.02 Å². The second kappa shape index (κ2) is 8.44. The Labute approximate surface area is 185 Å². The lowest BCUT2D eigenvalue weighted by Crippen LogP contribution is -2.30. The van der Waals surface area contributed by atoms with E-state index in [0.717, 1.165) is 16.3 Å². The molecular weight excluding hydrogens is 414 g/mol. The van der Waals surface area contributed by atoms with Crippen LogP contribution in [0.15, 0.2) is 66.2 Å². The summed E-state index contributed by atoms with van der Waals surface area (Å²) < 4.78 is 5.25. The number of ketones is 1. The maximum atomic E-state index is 13.1. The van der Waals surface area contributed by atoms with Gasteiger partial charge in [-0.3, -0.25) is 9.59 Å². The number of Topliss-reactive ketones (excluding diaryl/α,β-unsaturated/α-hetero) is 1. The van der Waals surface area contributed by atoms with Crippen molar-refractivity contribution < 1.29 is 19.4 Å². The van der Waals surface area contributed by atoms with Gasteiger partial charge in [0.25, 0.3) is 11.7 Å². The number of hydrogen-bond donors (Lipinski definition) is 1. The smallest absolute Gasteiger partial charge is 0.295 e. The molecule has 0 bridgehead atoms. The standard InChI is InChI=1S/C25H22ClNO4/c1-3-13-27-22(18-10-6-8-15-7-4-5-9-17(15)18)21(24(29)25(27)30)23(28)16-11-12-19(26)20(14-16)31-2/h4-12,14,22,28H,3,13H2,1-2H3/b23-21-. The van der Waals surface area contributed by atoms with E-state index in [4.69, 9.17) is 16.3 Å². The first-order chi connectivity index (χ1) is 15.0. The van der Waals surface area contributed by atoms with Crippen molar-refractivity contribution >= 4 is 39.8 Å². The quantitative estimate of drug-likeness (QED) is 0.334. The number of aliphatic hydroxyl groups excluding tert-OH is 1. The molecular formula is C25H22ClNO4. The summed E-state index contributed by atoms with van der Waals surface area (Å²) in [6, 6.07) is 17.6. The third-order valence-electron chi connectivity index (χ3n) is 5.55. The first-order valence-corrected chi connectivity index (χ1v) is 10.5. The van der Waals surface area contributed by atoms with E-state index in [9.17, 15) is 14.7 Å². The van der Waals surface area contributed by atoms with E-state index in [2.05, 4.69) is 0 Å². The van der Waals surface area contributed by atoms with Crippen LogP contribution in [0.25, 0.3) is 16.5 Å². The van der Waals surface area contributed by atoms with Crippen molar-refractivity contribution in [3.63, 3.8) is 0 Å². The first-order valence-electron chi connectivity index (χ1n) is 10.1. The minimum Gasteiger partial charge on any atom is -0.507 e. The monoisotopic (exact) mass is 435 g/mol. The number of methoxy groups -OCH3 is 1. The lowest BCUT2D eigenvalue weighted by molar-refractivity contribution is -0.139. The average Bonchev–Trinajstić information content (AvgIpc) is 3.03. The lowest BCUT2D eigenvalue weighted by atomic mass is 9.91. The molecule has 1 atom stereocenters. The molecule has 4 rings (SSSR count). The van der Waals surface area contributed by atoms with Gasteiger partial charge in [-0.1, -0.05) is 61.0 Å². The van der Waals surface area contributed by atoms with E-state index in [0.29, 0.717) is 29.3 Å². The highest BCUT2D eigenvalue weighted by atomic mass is 35.5. The summed E-state index contributed by atoms with van der Waals surface area (Å²) in [4.78, 5) is 27.5. The minimum absolute atomic E-state index is 0.0687. The van der Waals surface area contributed by atoms with Crippen molar-refractivity contribution in [2.24, 2.45) is 0 Å². The van der Waals surface area contributed by atoms with Gasteiger partial charge in [0.15, 0.2) is 0 Å². The van der Waals surface area contributed by atoms with Crippen LogP contribution in [0.1, 0.15) is 30.5 Å². The number of benzene rings is 3. The van der Waals surface area contributed by atoms with Crippen molar-refractivity contribution in [2.45, 2.75) is 19.4 Å². The molecule has 3 aromatic carbocycles. The van der Waals surface area contributed by atoms with Crippen molar-refractivity contribution in [1.82, 2.24) is 4.90 Å². The molecule has 1 N–H and O–H groups in total. The van der Waals surface area contributed by atoms with Gasteiger partial charge in [0.2, 0.25) is 0 Å². The molecule has 1 fully saturated rings. The topological polar surface area (TPSA) is 66.8 Å². The average molecular weight is 436 g/mol. The van der Waals surface area contributed by atoms with Crippen molar-refractivity contribution in [3.8, 4) is 5.75 Å². The molecule has 1 aliphatic rings. The van der Waals surface area contributed by atoms with Crippen LogP contribution >= 0.6 is 11.6 Å². The van der Waals surface area contributed by atoms with Gasteiger partial charge in [-0.15, -0.1) is 0 Å². The highest BCUT2D eigenvalue weighted by Crippen LogP contribution is 2.42. The molecule has 0 saturated carbocycles. The van der Waals surface area contributed by atoms with Crippen LogP contribution in [0.3, 0.4) is 0 Å². The Kier molecular flexibility index (Phi) is 5.70. The Morgan fingerprint density at radius 1 is 1.10 bits per heavy atom. The van der Waals surface area contributed by atoms with Crippen molar-refractivity contribution in [3.05, 3.63) is 82.4 Å². The maximum Gasteiger partial charge on any atom is 0.295 e. The second-order valence-electron chi connectivity index (χ2n) is 7.41. The van der Waals surface area contributed by atoms with Gasteiger partial charge in [-0.25, -0.2) is 0 Å². The first kappa shape index (κ1) is 20.9. The summed E-state index contributed by atoms with van der Waals surface area (Å²) in [5, 5.41) is 13.5. The van der Waals surface area contributed by atoms with Gasteiger partial charge in [0, 0.05) is 12.1 Å². The van der Waals surface area contributed by atoms with Gasteiger partial charge in [-0.05, 0) is 41.0 Å². The molecule has 0 spiro atoms. The summed E-state index contributed by atoms with van der Waals surface area (Å²) in [5.74, 6) is -1.18. The fraction of sp³-hybridized carbons (Fsp3) is 0.200. The summed E-state index contributed by atoms with van der Waals surface area (Å²) in [5.41, 5.74) is 1.23. The van der Waals surface area contributed by atoms with Gasteiger partial charge in [0.1, 0.15) is 11.5 Å². The SMILES string of the molecule is CCCN1C(=O)C(=O)/C(=C(\O)c2ccc(Cl)c(OC)c2)C1c1cccc2ccccc12. The third kappa shape index (κ3) is 3.55. The molecule has 31 heavy (non-hydrogen) atoms. The minimum atomic E-state index is -0.696. The second-order valence-corrected chi connectivity index (χ2v) is 7.82. The van der Waals surface area contributed by atoms with Crippen LogP contribution in [-0.2, 0) is 9.59 Å². The normalized spacial score (nSPS) is 18.0. The largest absolute Gasteiger partial charge is 0.507 e. The van der Waals surface area contributed by atoms with E-state index in [1.807, 2.05) is 49.4 Å². The fourth-order valence-electron chi connectivity index (χ4n) is 4.13. The number of likely N-dealkylation sites (tertiary alicyclic amines) is 1. The number of ether oxygens (including phenoxy) is 1. The van der Waals surface area contributed by atoms with Gasteiger partial charge < -0.3 is 14.7 Å². The van der Waals surface area contributed by atoms with Crippen LogP contribution in [0.4, 0.5) is 0 Å². The molecule has 1 unspecified atom stereocenters. The zero-order valence-corrected chi connectivity index (χ0v) is 18.0. The third-order valence-corrected chi connectivity index (χ3v) is 5.86. The predicted octanol–water partition coefficient (Wildman–Crippen LogP) is 5.33. The summed E-state index contributed by atoms with van der Waals surface area (Å²) in [7, 11) is 1.47. The number of hydrogen-bond acceptors (Lipinski definition) is 4. The zero-order chi connectivity index (χ0) is 22.1. The van der Waals surface area contributed by atoms with E-state index < -0.39 is 17.7 Å². The molecule has 0 aliphatic carbocycles. The molecule has 3 aromatic rings. The Balaban J connectivity index is 1.97. The molecule has 1 amide bonds. The lowest BCUT2D eigenvalue weighted by Gasteiger charge is -2.26. The molecule has 6 heteroatoms. The molecule has 158 valence electrons. The van der Waals surface area contributed by atoms with E-state index >= 15 is 0 Å². The Morgan fingerprint density at radius 3 is 2.58 bits per heavy atom.